The average molecular weight is 294 g/mol. The van der Waals surface area contributed by atoms with Crippen molar-refractivity contribution in [1.29, 1.82) is 0 Å². The molecule has 1 aliphatic heterocycles. The Hall–Kier alpha value is -1.30. The van der Waals surface area contributed by atoms with E-state index in [-0.39, 0.29) is 11.6 Å². The molecule has 1 aromatic carbocycles. The number of ether oxygens (including phenoxy) is 3. The van der Waals surface area contributed by atoms with Crippen LogP contribution in [0.3, 0.4) is 0 Å². The third-order valence-corrected chi connectivity index (χ3v) is 4.10. The minimum absolute atomic E-state index is 0.0592. The van der Waals surface area contributed by atoms with Crippen molar-refractivity contribution >= 4 is 0 Å². The van der Waals surface area contributed by atoms with Crippen LogP contribution in [0.4, 0.5) is 0 Å². The summed E-state index contributed by atoms with van der Waals surface area (Å²) < 4.78 is 16.5. The lowest BCUT2D eigenvalue weighted by molar-refractivity contribution is -0.0715. The second-order valence-corrected chi connectivity index (χ2v) is 5.92. The van der Waals surface area contributed by atoms with E-state index in [1.165, 1.54) is 0 Å². The summed E-state index contributed by atoms with van der Waals surface area (Å²) >= 11 is 0. The fourth-order valence-electron chi connectivity index (χ4n) is 2.97. The van der Waals surface area contributed by atoms with Crippen LogP contribution in [0.2, 0.25) is 0 Å². The molecule has 0 aliphatic carbocycles. The summed E-state index contributed by atoms with van der Waals surface area (Å²) in [6.45, 7) is 7.17. The van der Waals surface area contributed by atoms with Crippen LogP contribution >= 0.6 is 0 Å². The summed E-state index contributed by atoms with van der Waals surface area (Å²) in [4.78, 5) is 2.40. The van der Waals surface area contributed by atoms with Gasteiger partial charge in [0, 0.05) is 24.2 Å². The van der Waals surface area contributed by atoms with Gasteiger partial charge in [-0.25, -0.2) is 0 Å². The van der Waals surface area contributed by atoms with Gasteiger partial charge in [-0.15, -0.1) is 0 Å². The van der Waals surface area contributed by atoms with Crippen LogP contribution in [-0.4, -0.2) is 51.0 Å². The van der Waals surface area contributed by atoms with E-state index >= 15 is 0 Å². The molecule has 1 aromatic rings. The van der Waals surface area contributed by atoms with Crippen molar-refractivity contribution in [2.75, 3.05) is 40.5 Å². The van der Waals surface area contributed by atoms with Gasteiger partial charge in [-0.05, 0) is 32.0 Å². The standard InChI is InChI=1S/C16H26N2O3/c1-16(2)11-21-8-7-18(16)14(10-17)13-9-12(19-3)5-6-15(13)20-4/h5-6,9,14H,7-8,10-11,17H2,1-4H3. The van der Waals surface area contributed by atoms with E-state index in [9.17, 15) is 0 Å². The maximum absolute atomic E-state index is 6.09. The van der Waals surface area contributed by atoms with Crippen LogP contribution in [0.1, 0.15) is 25.5 Å². The molecule has 5 nitrogen and oxygen atoms in total. The third kappa shape index (κ3) is 3.31. The van der Waals surface area contributed by atoms with Gasteiger partial charge in [-0.2, -0.15) is 0 Å². The number of nitrogens with zero attached hydrogens (tertiary/aromatic N) is 1. The number of nitrogens with two attached hydrogens (primary N) is 1. The second kappa shape index (κ2) is 6.64. The highest BCUT2D eigenvalue weighted by molar-refractivity contribution is 5.42. The first-order valence-corrected chi connectivity index (χ1v) is 7.30. The first-order chi connectivity index (χ1) is 10.0. The normalized spacial score (nSPS) is 20.0. The van der Waals surface area contributed by atoms with Gasteiger partial charge >= 0.3 is 0 Å². The quantitative estimate of drug-likeness (QED) is 0.897. The largest absolute Gasteiger partial charge is 0.497 e. The zero-order valence-corrected chi connectivity index (χ0v) is 13.4. The molecule has 0 saturated carbocycles. The van der Waals surface area contributed by atoms with Gasteiger partial charge in [0.1, 0.15) is 11.5 Å². The molecule has 0 amide bonds. The first kappa shape index (κ1) is 16.1. The van der Waals surface area contributed by atoms with Gasteiger partial charge in [0.15, 0.2) is 0 Å². The highest BCUT2D eigenvalue weighted by Crippen LogP contribution is 2.36. The molecular formula is C16H26N2O3. The van der Waals surface area contributed by atoms with Gasteiger partial charge in [0.25, 0.3) is 0 Å². The predicted molar refractivity (Wildman–Crippen MR) is 82.9 cm³/mol. The minimum atomic E-state index is -0.0592. The molecule has 1 fully saturated rings. The maximum Gasteiger partial charge on any atom is 0.123 e. The monoisotopic (exact) mass is 294 g/mol. The van der Waals surface area contributed by atoms with Crippen molar-refractivity contribution in [3.63, 3.8) is 0 Å². The predicted octanol–water partition coefficient (Wildman–Crippen LogP) is 1.81. The van der Waals surface area contributed by atoms with Gasteiger partial charge < -0.3 is 19.9 Å². The fraction of sp³-hybridized carbons (Fsp3) is 0.625. The molecule has 1 unspecified atom stereocenters. The Labute approximate surface area is 127 Å². The Balaban J connectivity index is 2.40. The average Bonchev–Trinajstić information content (AvgIpc) is 2.49. The number of benzene rings is 1. The van der Waals surface area contributed by atoms with Gasteiger partial charge in [-0.3, -0.25) is 4.90 Å². The molecule has 118 valence electrons. The number of hydrogen-bond acceptors (Lipinski definition) is 5. The molecule has 0 aromatic heterocycles. The smallest absolute Gasteiger partial charge is 0.123 e. The molecule has 5 heteroatoms. The molecular weight excluding hydrogens is 268 g/mol. The van der Waals surface area contributed by atoms with Crippen molar-refractivity contribution in [2.45, 2.75) is 25.4 Å². The van der Waals surface area contributed by atoms with E-state index < -0.39 is 0 Å². The van der Waals surface area contributed by atoms with Crippen molar-refractivity contribution in [3.05, 3.63) is 23.8 Å². The minimum Gasteiger partial charge on any atom is -0.497 e. The molecule has 0 radical (unpaired) electrons. The highest BCUT2D eigenvalue weighted by atomic mass is 16.5. The molecule has 1 aliphatic rings. The summed E-state index contributed by atoms with van der Waals surface area (Å²) in [5.41, 5.74) is 7.10. The van der Waals surface area contributed by atoms with Crippen LogP contribution in [0, 0.1) is 0 Å². The Morgan fingerprint density at radius 2 is 2.10 bits per heavy atom. The van der Waals surface area contributed by atoms with E-state index in [0.717, 1.165) is 30.2 Å². The summed E-state index contributed by atoms with van der Waals surface area (Å²) in [6, 6.07) is 5.93. The zero-order chi connectivity index (χ0) is 15.5. The summed E-state index contributed by atoms with van der Waals surface area (Å²) in [5, 5.41) is 0. The maximum atomic E-state index is 6.09. The molecule has 0 spiro atoms. The lowest BCUT2D eigenvalue weighted by Gasteiger charge is -2.46. The van der Waals surface area contributed by atoms with Crippen molar-refractivity contribution in [3.8, 4) is 11.5 Å². The van der Waals surface area contributed by atoms with Gasteiger partial charge in [-0.1, -0.05) is 0 Å². The van der Waals surface area contributed by atoms with Crippen LogP contribution in [0.5, 0.6) is 11.5 Å². The molecule has 21 heavy (non-hydrogen) atoms. The Bertz CT molecular complexity index is 477. The van der Waals surface area contributed by atoms with Crippen molar-refractivity contribution < 1.29 is 14.2 Å². The number of rotatable bonds is 5. The fourth-order valence-corrected chi connectivity index (χ4v) is 2.97. The van der Waals surface area contributed by atoms with Gasteiger partial charge in [0.2, 0.25) is 0 Å². The van der Waals surface area contributed by atoms with Crippen molar-refractivity contribution in [2.24, 2.45) is 5.73 Å². The summed E-state index contributed by atoms with van der Waals surface area (Å²) in [6.07, 6.45) is 0. The second-order valence-electron chi connectivity index (χ2n) is 5.92. The van der Waals surface area contributed by atoms with Crippen LogP contribution in [0.15, 0.2) is 18.2 Å². The van der Waals surface area contributed by atoms with Gasteiger partial charge in [0.05, 0.1) is 33.5 Å². The van der Waals surface area contributed by atoms with E-state index in [0.29, 0.717) is 13.2 Å². The highest BCUT2D eigenvalue weighted by Gasteiger charge is 2.36. The third-order valence-electron chi connectivity index (χ3n) is 4.10. The van der Waals surface area contributed by atoms with E-state index in [1.54, 1.807) is 14.2 Å². The summed E-state index contributed by atoms with van der Waals surface area (Å²) in [7, 11) is 3.35. The molecule has 1 saturated heterocycles. The molecule has 2 N–H and O–H groups in total. The van der Waals surface area contributed by atoms with E-state index in [4.69, 9.17) is 19.9 Å². The lowest BCUT2D eigenvalue weighted by Crippen LogP contribution is -2.55. The molecule has 0 bridgehead atoms. The van der Waals surface area contributed by atoms with Crippen LogP contribution in [0.25, 0.3) is 0 Å². The summed E-state index contributed by atoms with van der Waals surface area (Å²) in [5.74, 6) is 1.66. The van der Waals surface area contributed by atoms with Crippen LogP contribution < -0.4 is 15.2 Å². The van der Waals surface area contributed by atoms with Crippen molar-refractivity contribution in [1.82, 2.24) is 4.90 Å². The Morgan fingerprint density at radius 1 is 1.33 bits per heavy atom. The number of methoxy groups -OCH3 is 2. The molecule has 1 heterocycles. The molecule has 1 atom stereocenters. The SMILES string of the molecule is COc1ccc(OC)c(C(CN)N2CCOCC2(C)C)c1. The Morgan fingerprint density at radius 3 is 2.67 bits per heavy atom. The topological polar surface area (TPSA) is 57.0 Å². The number of hydrogen-bond donors (Lipinski definition) is 1. The lowest BCUT2D eigenvalue weighted by atomic mass is 9.95. The number of morpholine rings is 1. The van der Waals surface area contributed by atoms with E-state index in [1.807, 2.05) is 18.2 Å². The first-order valence-electron chi connectivity index (χ1n) is 7.30. The zero-order valence-electron chi connectivity index (χ0n) is 13.4. The Kier molecular flexibility index (Phi) is 5.08. The van der Waals surface area contributed by atoms with Crippen LogP contribution in [-0.2, 0) is 4.74 Å². The molecule has 2 rings (SSSR count). The van der Waals surface area contributed by atoms with E-state index in [2.05, 4.69) is 18.7 Å².